The summed E-state index contributed by atoms with van der Waals surface area (Å²) in [7, 11) is 0. The summed E-state index contributed by atoms with van der Waals surface area (Å²) in [5.41, 5.74) is 3.61. The molecule has 3 aromatic carbocycles. The van der Waals surface area contributed by atoms with Crippen molar-refractivity contribution in [2.75, 3.05) is 5.01 Å². The van der Waals surface area contributed by atoms with Gasteiger partial charge in [-0.3, -0.25) is 18.7 Å². The molecular weight excluding hydrogens is 580 g/mol. The second-order valence-electron chi connectivity index (χ2n) is 13.3. The molecule has 4 aliphatic carbocycles. The van der Waals surface area contributed by atoms with E-state index in [0.717, 1.165) is 17.8 Å². The van der Waals surface area contributed by atoms with Gasteiger partial charge in [-0.1, -0.05) is 48.5 Å². The molecule has 2 heterocycles. The summed E-state index contributed by atoms with van der Waals surface area (Å²) in [6.07, 6.45) is 9.47. The smallest absolute Gasteiger partial charge is 0.280 e. The van der Waals surface area contributed by atoms with Gasteiger partial charge in [-0.25, -0.2) is 0 Å². The highest BCUT2D eigenvalue weighted by molar-refractivity contribution is 7.71. The molecule has 0 atom stereocenters. The van der Waals surface area contributed by atoms with E-state index in [9.17, 15) is 14.7 Å². The summed E-state index contributed by atoms with van der Waals surface area (Å²) in [6.45, 7) is 1.74. The van der Waals surface area contributed by atoms with Crippen molar-refractivity contribution >= 4 is 35.6 Å². The standard InChI is InChI=1S/C37H34N4O3S/c1-23-31(19-32-33(42)39(28-8-4-2-5-9-28)36(45)40(34(32)43)29-10-6-3-7-11-29)35(44)41(38-23)30-14-12-27(13-15-30)37-20-24-16-25(21-37)18-26(17-24)22-37/h2-15,19,24-26,42H,16-18,20-22H2,1H3/b31-19+. The van der Waals surface area contributed by atoms with Crippen molar-refractivity contribution in [3.05, 3.63) is 117 Å². The first-order chi connectivity index (χ1) is 21.8. The van der Waals surface area contributed by atoms with Gasteiger partial charge in [0.15, 0.2) is 4.77 Å². The highest BCUT2D eigenvalue weighted by atomic mass is 32.1. The zero-order valence-electron chi connectivity index (χ0n) is 25.1. The molecule has 0 unspecified atom stereocenters. The molecule has 4 aromatic rings. The predicted molar refractivity (Wildman–Crippen MR) is 179 cm³/mol. The Morgan fingerprint density at radius 1 is 0.778 bits per heavy atom. The lowest BCUT2D eigenvalue weighted by atomic mass is 9.48. The van der Waals surface area contributed by atoms with Crippen molar-refractivity contribution in [3.63, 3.8) is 0 Å². The van der Waals surface area contributed by atoms with Gasteiger partial charge < -0.3 is 5.11 Å². The first-order valence-corrected chi connectivity index (χ1v) is 16.2. The molecule has 9 rings (SSSR count). The van der Waals surface area contributed by atoms with Crippen LogP contribution >= 0.6 is 12.2 Å². The minimum atomic E-state index is -0.526. The van der Waals surface area contributed by atoms with Crippen LogP contribution in [0, 0.1) is 22.5 Å². The fourth-order valence-corrected chi connectivity index (χ4v) is 9.16. The Morgan fingerprint density at radius 3 is 1.87 bits per heavy atom. The van der Waals surface area contributed by atoms with E-state index in [2.05, 4.69) is 17.2 Å². The van der Waals surface area contributed by atoms with Crippen molar-refractivity contribution in [2.45, 2.75) is 50.9 Å². The van der Waals surface area contributed by atoms with Crippen molar-refractivity contribution in [2.24, 2.45) is 22.9 Å². The van der Waals surface area contributed by atoms with E-state index in [1.807, 2.05) is 48.5 Å². The molecule has 7 nitrogen and oxygen atoms in total. The van der Waals surface area contributed by atoms with Crippen LogP contribution in [0.3, 0.4) is 0 Å². The molecule has 1 aromatic heterocycles. The minimum absolute atomic E-state index is 0.0479. The Hall–Kier alpha value is -4.56. The zero-order valence-corrected chi connectivity index (χ0v) is 25.9. The third kappa shape index (κ3) is 4.53. The number of amides is 1. The number of carbonyl (C=O) groups excluding carboxylic acids is 1. The van der Waals surface area contributed by atoms with Gasteiger partial charge in [0.25, 0.3) is 11.5 Å². The number of anilines is 1. The zero-order chi connectivity index (χ0) is 30.9. The number of para-hydroxylation sites is 2. The SMILES string of the molecule is CC1=NN(c2ccc(C34CC5CC(CC(C5)C3)C4)cc2)C(=O)/C1=C/c1c(O)n(-c2ccccc2)c(=S)n(-c2ccccc2)c1=O. The van der Waals surface area contributed by atoms with E-state index in [1.54, 1.807) is 31.2 Å². The molecule has 5 aliphatic rings. The Balaban J connectivity index is 1.17. The molecule has 0 saturated heterocycles. The lowest BCUT2D eigenvalue weighted by Crippen LogP contribution is -2.48. The lowest BCUT2D eigenvalue weighted by molar-refractivity contribution is -0.114. The van der Waals surface area contributed by atoms with Gasteiger partial charge in [-0.2, -0.15) is 10.1 Å². The molecule has 8 heteroatoms. The van der Waals surface area contributed by atoms with Crippen LogP contribution < -0.4 is 10.6 Å². The highest BCUT2D eigenvalue weighted by Gasteiger charge is 2.51. The van der Waals surface area contributed by atoms with Crippen LogP contribution in [-0.2, 0) is 10.2 Å². The summed E-state index contributed by atoms with van der Waals surface area (Å²) in [6, 6.07) is 26.6. The van der Waals surface area contributed by atoms with Gasteiger partial charge in [0.1, 0.15) is 5.56 Å². The molecule has 45 heavy (non-hydrogen) atoms. The van der Waals surface area contributed by atoms with Crippen molar-refractivity contribution in [3.8, 4) is 17.3 Å². The molecule has 4 fully saturated rings. The number of hydrogen-bond acceptors (Lipinski definition) is 5. The van der Waals surface area contributed by atoms with Crippen molar-refractivity contribution in [1.82, 2.24) is 9.13 Å². The van der Waals surface area contributed by atoms with Gasteiger partial charge in [0.05, 0.1) is 28.3 Å². The average Bonchev–Trinajstić information content (AvgIpc) is 3.32. The number of benzene rings is 3. The van der Waals surface area contributed by atoms with Crippen LogP contribution in [0.4, 0.5) is 5.69 Å². The number of nitrogens with zero attached hydrogens (tertiary/aromatic N) is 4. The van der Waals surface area contributed by atoms with Gasteiger partial charge in [0.2, 0.25) is 5.88 Å². The Labute approximate surface area is 266 Å². The van der Waals surface area contributed by atoms with E-state index in [1.165, 1.54) is 64.3 Å². The van der Waals surface area contributed by atoms with Crippen LogP contribution in [0.15, 0.2) is 100 Å². The van der Waals surface area contributed by atoms with E-state index in [4.69, 9.17) is 12.2 Å². The lowest BCUT2D eigenvalue weighted by Gasteiger charge is -2.57. The maximum absolute atomic E-state index is 14.0. The first kappa shape index (κ1) is 28.0. The second kappa shape index (κ2) is 10.5. The Morgan fingerprint density at radius 2 is 1.31 bits per heavy atom. The van der Waals surface area contributed by atoms with Crippen molar-refractivity contribution in [1.29, 1.82) is 0 Å². The van der Waals surface area contributed by atoms with Crippen molar-refractivity contribution < 1.29 is 9.90 Å². The van der Waals surface area contributed by atoms with Gasteiger partial charge in [-0.15, -0.1) is 0 Å². The molecular formula is C37H34N4O3S. The topological polar surface area (TPSA) is 79.8 Å². The first-order valence-electron chi connectivity index (χ1n) is 15.8. The molecule has 1 aliphatic heterocycles. The summed E-state index contributed by atoms with van der Waals surface area (Å²) in [5, 5.41) is 17.5. The highest BCUT2D eigenvalue weighted by Crippen LogP contribution is 2.60. The number of hydrogen-bond donors (Lipinski definition) is 1. The van der Waals surface area contributed by atoms with Crippen LogP contribution in [0.25, 0.3) is 17.5 Å². The number of rotatable bonds is 5. The maximum Gasteiger partial charge on any atom is 0.280 e. The molecule has 4 saturated carbocycles. The normalized spacial score (nSPS) is 26.1. The Kier molecular flexibility index (Phi) is 6.53. The average molecular weight is 615 g/mol. The number of aromatic nitrogens is 2. The number of aromatic hydroxyl groups is 1. The monoisotopic (exact) mass is 614 g/mol. The summed E-state index contributed by atoms with van der Waals surface area (Å²) in [5.74, 6) is 1.88. The largest absolute Gasteiger partial charge is 0.494 e. The van der Waals surface area contributed by atoms with Crippen LogP contribution in [0.5, 0.6) is 5.88 Å². The molecule has 226 valence electrons. The quantitative estimate of drug-likeness (QED) is 0.189. The maximum atomic E-state index is 14.0. The Bertz CT molecular complexity index is 1970. The van der Waals surface area contributed by atoms with Gasteiger partial charge >= 0.3 is 0 Å². The van der Waals surface area contributed by atoms with E-state index >= 15 is 0 Å². The third-order valence-corrected chi connectivity index (χ3v) is 10.8. The number of hydrazone groups is 1. The molecule has 0 radical (unpaired) electrons. The number of carbonyl (C=O) groups is 1. The fraction of sp³-hybridized carbons (Fsp3) is 0.297. The molecule has 1 N–H and O–H groups in total. The van der Waals surface area contributed by atoms with Crippen LogP contribution in [0.1, 0.15) is 56.6 Å². The van der Waals surface area contributed by atoms with E-state index < -0.39 is 5.56 Å². The van der Waals surface area contributed by atoms with Crippen LogP contribution in [0.2, 0.25) is 0 Å². The molecule has 0 spiro atoms. The molecule has 4 bridgehead atoms. The van der Waals surface area contributed by atoms with E-state index in [-0.39, 0.29) is 33.1 Å². The van der Waals surface area contributed by atoms with E-state index in [0.29, 0.717) is 22.8 Å². The third-order valence-electron chi connectivity index (χ3n) is 10.4. The van der Waals surface area contributed by atoms with Gasteiger partial charge in [-0.05, 0) is 129 Å². The van der Waals surface area contributed by atoms with Gasteiger partial charge in [0, 0.05) is 0 Å². The molecule has 1 amide bonds. The fourth-order valence-electron chi connectivity index (χ4n) is 8.78. The summed E-state index contributed by atoms with van der Waals surface area (Å²) < 4.78 is 2.94. The minimum Gasteiger partial charge on any atom is -0.494 e. The van der Waals surface area contributed by atoms with Crippen LogP contribution in [-0.4, -0.2) is 25.9 Å². The summed E-state index contributed by atoms with van der Waals surface area (Å²) in [4.78, 5) is 27.8. The summed E-state index contributed by atoms with van der Waals surface area (Å²) >= 11 is 5.74. The second-order valence-corrected chi connectivity index (χ2v) is 13.6. The predicted octanol–water partition coefficient (Wildman–Crippen LogP) is 7.34.